The van der Waals surface area contributed by atoms with Crippen LogP contribution in [0.5, 0.6) is 0 Å². The molecule has 0 aliphatic rings. The predicted molar refractivity (Wildman–Crippen MR) is 159 cm³/mol. The summed E-state index contributed by atoms with van der Waals surface area (Å²) in [4.78, 5) is 16.9. The van der Waals surface area contributed by atoms with E-state index < -0.39 is 0 Å². The Morgan fingerprint density at radius 2 is 1.72 bits per heavy atom. The summed E-state index contributed by atoms with van der Waals surface area (Å²) in [6, 6.07) is 24.9. The number of benzene rings is 3. The fourth-order valence-electron chi connectivity index (χ4n) is 3.94. The number of oxazole rings is 1. The number of nitrogens with one attached hydrogen (secondary N) is 2. The van der Waals surface area contributed by atoms with Crippen LogP contribution in [0.2, 0.25) is 5.02 Å². The second kappa shape index (κ2) is 11.7. The molecule has 0 aliphatic heterocycles. The topological polar surface area (TPSA) is 80.3 Å². The lowest BCUT2D eigenvalue weighted by Gasteiger charge is -2.08. The van der Waals surface area contributed by atoms with E-state index in [1.807, 2.05) is 48.5 Å². The van der Waals surface area contributed by atoms with E-state index in [2.05, 4.69) is 41.6 Å². The molecule has 0 atom stereocenters. The molecule has 2 N–H and O–H groups in total. The fraction of sp³-hybridized carbons (Fsp3) is 0.129. The molecule has 0 unspecified atom stereocenters. The van der Waals surface area contributed by atoms with Crippen molar-refractivity contribution < 1.29 is 13.6 Å². The maximum atomic E-state index is 12.3. The summed E-state index contributed by atoms with van der Waals surface area (Å²) in [5, 5.41) is 6.58. The molecule has 5 rings (SSSR count). The highest BCUT2D eigenvalue weighted by Crippen LogP contribution is 2.27. The quantitative estimate of drug-likeness (QED) is 0.158. The maximum Gasteiger partial charge on any atom is 0.250 e. The number of rotatable bonds is 7. The number of fused-ring (bicyclic) bond motifs is 1. The molecule has 196 valence electrons. The van der Waals surface area contributed by atoms with E-state index in [9.17, 15) is 4.79 Å². The summed E-state index contributed by atoms with van der Waals surface area (Å²) in [5.74, 6) is 1.89. The van der Waals surface area contributed by atoms with Crippen LogP contribution in [0.3, 0.4) is 0 Å². The van der Waals surface area contributed by atoms with Gasteiger partial charge in [0.15, 0.2) is 10.7 Å². The van der Waals surface area contributed by atoms with Crippen LogP contribution in [0.25, 0.3) is 40.0 Å². The number of furan rings is 1. The molecule has 3 aromatic carbocycles. The second-order valence-electron chi connectivity index (χ2n) is 9.31. The van der Waals surface area contributed by atoms with Gasteiger partial charge < -0.3 is 14.2 Å². The largest absolute Gasteiger partial charge is 0.457 e. The second-order valence-corrected chi connectivity index (χ2v) is 10.2. The van der Waals surface area contributed by atoms with Crippen molar-refractivity contribution in [3.63, 3.8) is 0 Å². The van der Waals surface area contributed by atoms with Gasteiger partial charge in [0.05, 0.1) is 0 Å². The van der Waals surface area contributed by atoms with Gasteiger partial charge in [-0.25, -0.2) is 4.98 Å². The first-order valence-electron chi connectivity index (χ1n) is 12.5. The lowest BCUT2D eigenvalue weighted by atomic mass is 10.0. The number of nitrogens with zero attached hydrogens (tertiary/aromatic N) is 1. The Morgan fingerprint density at radius 3 is 2.46 bits per heavy atom. The van der Waals surface area contributed by atoms with Gasteiger partial charge in [0.25, 0.3) is 0 Å². The smallest absolute Gasteiger partial charge is 0.250 e. The molecule has 0 fully saturated rings. The van der Waals surface area contributed by atoms with Crippen molar-refractivity contribution in [3.05, 3.63) is 107 Å². The molecule has 0 radical (unpaired) electrons. The normalized spacial score (nSPS) is 11.4. The maximum absolute atomic E-state index is 12.3. The summed E-state index contributed by atoms with van der Waals surface area (Å²) in [6.45, 7) is 4.77. The molecular weight excluding hydrogens is 530 g/mol. The minimum atomic E-state index is -0.358. The van der Waals surface area contributed by atoms with Crippen molar-refractivity contribution in [2.45, 2.75) is 26.3 Å². The standard InChI is InChI=1S/C31H26ClN3O3S/c1-19(2)23-9-14-28-26(17-23)34-30(38-28)22-5-3-20(4-6-22)18-33-31(39)35-29(36)16-13-25-12-15-27(37-25)21-7-10-24(32)11-8-21/h3-17,19H,18H2,1-2H3,(H2,33,35,36,39)/b16-13+. The van der Waals surface area contributed by atoms with Crippen LogP contribution >= 0.6 is 23.8 Å². The van der Waals surface area contributed by atoms with Crippen LogP contribution in [0, 0.1) is 0 Å². The highest BCUT2D eigenvalue weighted by Gasteiger charge is 2.10. The van der Waals surface area contributed by atoms with E-state index in [1.165, 1.54) is 11.6 Å². The number of halogens is 1. The van der Waals surface area contributed by atoms with Crippen LogP contribution in [0.1, 0.15) is 36.7 Å². The van der Waals surface area contributed by atoms with Crippen LogP contribution in [-0.2, 0) is 11.3 Å². The number of hydrogen-bond acceptors (Lipinski definition) is 5. The van der Waals surface area contributed by atoms with Crippen molar-refractivity contribution >= 4 is 52.0 Å². The Hall–Kier alpha value is -4.20. The van der Waals surface area contributed by atoms with Crippen molar-refractivity contribution in [2.75, 3.05) is 0 Å². The third kappa shape index (κ3) is 6.63. The first-order valence-corrected chi connectivity index (χ1v) is 13.2. The van der Waals surface area contributed by atoms with Crippen molar-refractivity contribution in [2.24, 2.45) is 0 Å². The average molecular weight is 556 g/mol. The molecule has 2 aromatic heterocycles. The number of amides is 1. The summed E-state index contributed by atoms with van der Waals surface area (Å²) in [5.41, 5.74) is 5.63. The third-order valence-corrected chi connectivity index (χ3v) is 6.62. The Labute approximate surface area is 236 Å². The zero-order chi connectivity index (χ0) is 27.4. The Kier molecular flexibility index (Phi) is 7.91. The third-order valence-electron chi connectivity index (χ3n) is 6.12. The molecule has 39 heavy (non-hydrogen) atoms. The molecule has 0 saturated heterocycles. The lowest BCUT2D eigenvalue weighted by Crippen LogP contribution is -2.37. The van der Waals surface area contributed by atoms with E-state index in [0.717, 1.165) is 27.8 Å². The number of thiocarbonyl (C=S) groups is 1. The monoisotopic (exact) mass is 555 g/mol. The van der Waals surface area contributed by atoms with E-state index in [1.54, 1.807) is 24.3 Å². The molecular formula is C31H26ClN3O3S. The summed E-state index contributed by atoms with van der Waals surface area (Å²) in [6.07, 6.45) is 2.96. The minimum absolute atomic E-state index is 0.231. The first kappa shape index (κ1) is 26.4. The molecule has 6 nitrogen and oxygen atoms in total. The average Bonchev–Trinajstić information content (AvgIpc) is 3.58. The molecule has 8 heteroatoms. The molecule has 1 amide bonds. The zero-order valence-electron chi connectivity index (χ0n) is 21.4. The van der Waals surface area contributed by atoms with Gasteiger partial charge in [0.1, 0.15) is 17.0 Å². The summed E-state index contributed by atoms with van der Waals surface area (Å²) in [7, 11) is 0. The van der Waals surface area contributed by atoms with Gasteiger partial charge in [-0.15, -0.1) is 0 Å². The van der Waals surface area contributed by atoms with Gasteiger partial charge in [0, 0.05) is 28.8 Å². The number of carbonyl (C=O) groups is 1. The van der Waals surface area contributed by atoms with Crippen LogP contribution in [0.15, 0.2) is 93.8 Å². The highest BCUT2D eigenvalue weighted by molar-refractivity contribution is 7.80. The van der Waals surface area contributed by atoms with Gasteiger partial charge in [-0.1, -0.05) is 43.6 Å². The van der Waals surface area contributed by atoms with E-state index in [4.69, 9.17) is 32.7 Å². The lowest BCUT2D eigenvalue weighted by molar-refractivity contribution is -0.115. The Morgan fingerprint density at radius 1 is 0.974 bits per heavy atom. The van der Waals surface area contributed by atoms with Crippen LogP contribution in [-0.4, -0.2) is 16.0 Å². The molecule has 0 spiro atoms. The number of aromatic nitrogens is 1. The highest BCUT2D eigenvalue weighted by atomic mass is 35.5. The van der Waals surface area contributed by atoms with Gasteiger partial charge in [0.2, 0.25) is 11.8 Å². The molecule has 0 bridgehead atoms. The van der Waals surface area contributed by atoms with Gasteiger partial charge >= 0.3 is 0 Å². The van der Waals surface area contributed by atoms with Crippen molar-refractivity contribution in [1.82, 2.24) is 15.6 Å². The number of carbonyl (C=O) groups excluding carboxylic acids is 1. The van der Waals surface area contributed by atoms with E-state index in [-0.39, 0.29) is 11.0 Å². The van der Waals surface area contributed by atoms with Gasteiger partial charge in [-0.3, -0.25) is 10.1 Å². The van der Waals surface area contributed by atoms with Crippen LogP contribution < -0.4 is 10.6 Å². The predicted octanol–water partition coefficient (Wildman–Crippen LogP) is 7.74. The molecule has 0 aliphatic carbocycles. The molecule has 5 aromatic rings. The number of hydrogen-bond donors (Lipinski definition) is 2. The fourth-order valence-corrected chi connectivity index (χ4v) is 4.24. The molecule has 2 heterocycles. The zero-order valence-corrected chi connectivity index (χ0v) is 23.0. The summed E-state index contributed by atoms with van der Waals surface area (Å²) < 4.78 is 11.7. The Bertz CT molecular complexity index is 1650. The first-order chi connectivity index (χ1) is 18.8. The SMILES string of the molecule is CC(C)c1ccc2oc(-c3ccc(CNC(=S)NC(=O)/C=C/c4ccc(-c5ccc(Cl)cc5)o4)cc3)nc2c1. The van der Waals surface area contributed by atoms with E-state index >= 15 is 0 Å². The Balaban J connectivity index is 1.12. The molecule has 0 saturated carbocycles. The van der Waals surface area contributed by atoms with Crippen molar-refractivity contribution in [1.29, 1.82) is 0 Å². The van der Waals surface area contributed by atoms with Gasteiger partial charge in [-0.2, -0.15) is 0 Å². The van der Waals surface area contributed by atoms with Crippen LogP contribution in [0.4, 0.5) is 0 Å². The van der Waals surface area contributed by atoms with E-state index in [0.29, 0.717) is 34.9 Å². The van der Waals surface area contributed by atoms with Gasteiger partial charge in [-0.05, 0) is 96.0 Å². The van der Waals surface area contributed by atoms with Crippen molar-refractivity contribution in [3.8, 4) is 22.8 Å². The minimum Gasteiger partial charge on any atom is -0.457 e. The summed E-state index contributed by atoms with van der Waals surface area (Å²) >= 11 is 11.2.